The molecule has 82 valence electrons. The van der Waals surface area contributed by atoms with Crippen LogP contribution in [-0.4, -0.2) is 18.9 Å². The van der Waals surface area contributed by atoms with Crippen molar-refractivity contribution in [1.29, 1.82) is 5.26 Å². The molecule has 1 aliphatic rings. The second kappa shape index (κ2) is 4.36. The molecule has 1 fully saturated rings. The summed E-state index contributed by atoms with van der Waals surface area (Å²) in [6, 6.07) is 7.96. The van der Waals surface area contributed by atoms with Gasteiger partial charge in [-0.05, 0) is 38.0 Å². The van der Waals surface area contributed by atoms with Gasteiger partial charge in [-0.25, -0.2) is 0 Å². The van der Waals surface area contributed by atoms with Crippen molar-refractivity contribution in [1.82, 2.24) is 0 Å². The fourth-order valence-corrected chi connectivity index (χ4v) is 2.26. The Labute approximate surface area is 95.3 Å². The first kappa shape index (κ1) is 10.7. The summed E-state index contributed by atoms with van der Waals surface area (Å²) < 4.78 is 0. The van der Waals surface area contributed by atoms with E-state index in [1.165, 1.54) is 12.8 Å². The lowest BCUT2D eigenvalue weighted by Crippen LogP contribution is -2.27. The van der Waals surface area contributed by atoms with Crippen LogP contribution < -0.4 is 4.90 Å². The van der Waals surface area contributed by atoms with Gasteiger partial charge in [-0.1, -0.05) is 0 Å². The zero-order valence-electron chi connectivity index (χ0n) is 9.31. The average molecular weight is 214 g/mol. The van der Waals surface area contributed by atoms with E-state index in [9.17, 15) is 4.79 Å². The molecular weight excluding hydrogens is 200 g/mol. The molecule has 16 heavy (non-hydrogen) atoms. The number of aldehydes is 1. The first-order valence-corrected chi connectivity index (χ1v) is 5.52. The number of benzene rings is 1. The monoisotopic (exact) mass is 214 g/mol. The molecule has 1 aliphatic heterocycles. The number of carbonyl (C=O) groups excluding carboxylic acids is 1. The highest BCUT2D eigenvalue weighted by Gasteiger charge is 2.22. The van der Waals surface area contributed by atoms with Crippen molar-refractivity contribution in [2.75, 3.05) is 11.4 Å². The fourth-order valence-electron chi connectivity index (χ4n) is 2.26. The Morgan fingerprint density at radius 3 is 2.94 bits per heavy atom. The minimum Gasteiger partial charge on any atom is -0.368 e. The van der Waals surface area contributed by atoms with Gasteiger partial charge in [0.25, 0.3) is 0 Å². The predicted molar refractivity (Wildman–Crippen MR) is 62.6 cm³/mol. The van der Waals surface area contributed by atoms with Crippen LogP contribution in [0.15, 0.2) is 18.2 Å². The molecule has 3 nitrogen and oxygen atoms in total. The van der Waals surface area contributed by atoms with E-state index < -0.39 is 0 Å². The van der Waals surface area contributed by atoms with E-state index >= 15 is 0 Å². The highest BCUT2D eigenvalue weighted by atomic mass is 16.1. The fraction of sp³-hybridized carbons (Fsp3) is 0.385. The van der Waals surface area contributed by atoms with Crippen molar-refractivity contribution in [3.8, 4) is 6.07 Å². The summed E-state index contributed by atoms with van der Waals surface area (Å²) >= 11 is 0. The molecule has 1 heterocycles. The summed E-state index contributed by atoms with van der Waals surface area (Å²) in [6.45, 7) is 3.16. The van der Waals surface area contributed by atoms with Gasteiger partial charge in [-0.3, -0.25) is 4.79 Å². The predicted octanol–water partition coefficient (Wildman–Crippen LogP) is 2.36. The van der Waals surface area contributed by atoms with E-state index in [0.717, 1.165) is 18.5 Å². The van der Waals surface area contributed by atoms with E-state index in [0.29, 0.717) is 17.2 Å². The third-order valence-corrected chi connectivity index (χ3v) is 3.14. The standard InChI is InChI=1S/C13H14N2O/c1-10-3-2-6-15(10)13-5-4-11(9-16)7-12(13)8-14/h4-5,7,9-10H,2-3,6H2,1H3. The normalized spacial score (nSPS) is 19.5. The van der Waals surface area contributed by atoms with Crippen LogP contribution in [0.25, 0.3) is 0 Å². The third-order valence-electron chi connectivity index (χ3n) is 3.14. The number of nitriles is 1. The van der Waals surface area contributed by atoms with Gasteiger partial charge in [0.05, 0.1) is 11.3 Å². The van der Waals surface area contributed by atoms with Gasteiger partial charge in [-0.15, -0.1) is 0 Å². The number of anilines is 1. The van der Waals surface area contributed by atoms with Crippen LogP contribution in [0.3, 0.4) is 0 Å². The molecular formula is C13H14N2O. The molecule has 0 saturated carbocycles. The Bertz CT molecular complexity index is 448. The molecule has 0 amide bonds. The van der Waals surface area contributed by atoms with Gasteiger partial charge in [0, 0.05) is 18.2 Å². The molecule has 1 atom stereocenters. The largest absolute Gasteiger partial charge is 0.368 e. The number of carbonyl (C=O) groups is 1. The zero-order valence-corrected chi connectivity index (χ0v) is 9.31. The van der Waals surface area contributed by atoms with E-state index in [-0.39, 0.29) is 0 Å². The van der Waals surface area contributed by atoms with Gasteiger partial charge in [0.2, 0.25) is 0 Å². The summed E-state index contributed by atoms with van der Waals surface area (Å²) in [7, 11) is 0. The summed E-state index contributed by atoms with van der Waals surface area (Å²) in [4.78, 5) is 12.9. The van der Waals surface area contributed by atoms with E-state index in [1.54, 1.807) is 12.1 Å². The Hall–Kier alpha value is -1.82. The molecule has 0 bridgehead atoms. The number of rotatable bonds is 2. The lowest BCUT2D eigenvalue weighted by atomic mass is 10.1. The van der Waals surface area contributed by atoms with Gasteiger partial charge in [-0.2, -0.15) is 5.26 Å². The topological polar surface area (TPSA) is 44.1 Å². The maximum atomic E-state index is 10.6. The smallest absolute Gasteiger partial charge is 0.150 e. The molecule has 1 unspecified atom stereocenters. The molecule has 0 radical (unpaired) electrons. The minimum atomic E-state index is 0.481. The Morgan fingerprint density at radius 1 is 1.56 bits per heavy atom. The summed E-state index contributed by atoms with van der Waals surface area (Å²) in [5.74, 6) is 0. The van der Waals surface area contributed by atoms with Gasteiger partial charge < -0.3 is 4.90 Å². The maximum absolute atomic E-state index is 10.6. The average Bonchev–Trinajstić information content (AvgIpc) is 2.74. The first-order valence-electron chi connectivity index (χ1n) is 5.52. The molecule has 0 N–H and O–H groups in total. The summed E-state index contributed by atoms with van der Waals surface area (Å²) in [6.07, 6.45) is 3.11. The summed E-state index contributed by atoms with van der Waals surface area (Å²) in [5.41, 5.74) is 2.11. The van der Waals surface area contributed by atoms with Crippen molar-refractivity contribution < 1.29 is 4.79 Å². The Balaban J connectivity index is 2.41. The molecule has 1 aromatic rings. The van der Waals surface area contributed by atoms with Crippen LogP contribution in [0, 0.1) is 11.3 Å². The lowest BCUT2D eigenvalue weighted by molar-refractivity contribution is 0.112. The van der Waals surface area contributed by atoms with Crippen molar-refractivity contribution in [3.05, 3.63) is 29.3 Å². The van der Waals surface area contributed by atoms with Gasteiger partial charge in [0.15, 0.2) is 0 Å². The highest BCUT2D eigenvalue weighted by Crippen LogP contribution is 2.28. The van der Waals surface area contributed by atoms with E-state index in [1.807, 2.05) is 6.07 Å². The molecule has 1 saturated heterocycles. The Morgan fingerprint density at radius 2 is 2.38 bits per heavy atom. The maximum Gasteiger partial charge on any atom is 0.150 e. The van der Waals surface area contributed by atoms with Crippen molar-refractivity contribution in [3.63, 3.8) is 0 Å². The molecule has 2 rings (SSSR count). The molecule has 0 aromatic heterocycles. The van der Waals surface area contributed by atoms with Crippen LogP contribution >= 0.6 is 0 Å². The van der Waals surface area contributed by atoms with Crippen LogP contribution in [0.4, 0.5) is 5.69 Å². The SMILES string of the molecule is CC1CCCN1c1ccc(C=O)cc1C#N. The quantitative estimate of drug-likeness (QED) is 0.710. The number of hydrogen-bond acceptors (Lipinski definition) is 3. The molecule has 3 heteroatoms. The van der Waals surface area contributed by atoms with Crippen molar-refractivity contribution >= 4 is 12.0 Å². The van der Waals surface area contributed by atoms with Crippen LogP contribution in [0.5, 0.6) is 0 Å². The number of nitrogens with zero attached hydrogens (tertiary/aromatic N) is 2. The van der Waals surface area contributed by atoms with E-state index in [2.05, 4.69) is 17.9 Å². The number of hydrogen-bond donors (Lipinski definition) is 0. The van der Waals surface area contributed by atoms with Crippen molar-refractivity contribution in [2.24, 2.45) is 0 Å². The van der Waals surface area contributed by atoms with Crippen LogP contribution in [0.2, 0.25) is 0 Å². The highest BCUT2D eigenvalue weighted by molar-refractivity contribution is 5.78. The first-order chi connectivity index (χ1) is 7.76. The van der Waals surface area contributed by atoms with E-state index in [4.69, 9.17) is 5.26 Å². The molecule has 0 aliphatic carbocycles. The van der Waals surface area contributed by atoms with Gasteiger partial charge >= 0.3 is 0 Å². The second-order valence-corrected chi connectivity index (χ2v) is 4.19. The zero-order chi connectivity index (χ0) is 11.5. The molecule has 0 spiro atoms. The van der Waals surface area contributed by atoms with Gasteiger partial charge in [0.1, 0.15) is 12.4 Å². The minimum absolute atomic E-state index is 0.481. The molecule has 1 aromatic carbocycles. The third kappa shape index (κ3) is 1.79. The van der Waals surface area contributed by atoms with Crippen molar-refractivity contribution in [2.45, 2.75) is 25.8 Å². The lowest BCUT2D eigenvalue weighted by Gasteiger charge is -2.24. The Kier molecular flexibility index (Phi) is 2.91. The van der Waals surface area contributed by atoms with Crippen LogP contribution in [0.1, 0.15) is 35.7 Å². The van der Waals surface area contributed by atoms with Crippen LogP contribution in [-0.2, 0) is 0 Å². The summed E-state index contributed by atoms with van der Waals surface area (Å²) in [5, 5.41) is 9.09. The second-order valence-electron chi connectivity index (χ2n) is 4.19.